The summed E-state index contributed by atoms with van der Waals surface area (Å²) < 4.78 is 6.50. The van der Waals surface area contributed by atoms with Crippen LogP contribution in [0, 0.1) is 0 Å². The molecule has 1 aliphatic carbocycles. The largest absolute Gasteiger partial charge is 0.478 e. The first-order valence-corrected chi connectivity index (χ1v) is 8.56. The topological polar surface area (TPSA) is 51.2 Å². The van der Waals surface area contributed by atoms with Crippen molar-refractivity contribution >= 4 is 21.8 Å². The molecule has 0 atom stereocenters. The molecule has 0 bridgehead atoms. The van der Waals surface area contributed by atoms with Crippen molar-refractivity contribution in [3.8, 4) is 5.88 Å². The van der Waals surface area contributed by atoms with Gasteiger partial charge in [0.2, 0.25) is 11.8 Å². The second-order valence-electron chi connectivity index (χ2n) is 5.68. The highest BCUT2D eigenvalue weighted by atomic mass is 79.9. The summed E-state index contributed by atoms with van der Waals surface area (Å²) in [5.74, 6) is 0.657. The number of amides is 1. The van der Waals surface area contributed by atoms with Crippen LogP contribution in [-0.2, 0) is 16.8 Å². The van der Waals surface area contributed by atoms with E-state index in [0.29, 0.717) is 19.0 Å². The highest BCUT2D eigenvalue weighted by molar-refractivity contribution is 9.10. The minimum atomic E-state index is -0.377. The molecule has 3 rings (SSSR count). The van der Waals surface area contributed by atoms with Gasteiger partial charge in [-0.05, 0) is 43.5 Å². The number of benzene rings is 1. The summed E-state index contributed by atoms with van der Waals surface area (Å²) in [6.45, 7) is 2.90. The van der Waals surface area contributed by atoms with Gasteiger partial charge >= 0.3 is 0 Å². The van der Waals surface area contributed by atoms with E-state index in [1.165, 1.54) is 0 Å². The Morgan fingerprint density at radius 2 is 2.17 bits per heavy atom. The van der Waals surface area contributed by atoms with Crippen molar-refractivity contribution in [3.63, 3.8) is 0 Å². The Kier molecular flexibility index (Phi) is 4.66. The Balaban J connectivity index is 1.71. The van der Waals surface area contributed by atoms with Crippen LogP contribution in [0.3, 0.4) is 0 Å². The number of carbonyl (C=O) groups excluding carboxylic acids is 1. The molecule has 120 valence electrons. The zero-order valence-corrected chi connectivity index (χ0v) is 14.6. The van der Waals surface area contributed by atoms with Crippen molar-refractivity contribution in [1.82, 2.24) is 10.3 Å². The van der Waals surface area contributed by atoms with E-state index in [9.17, 15) is 4.79 Å². The van der Waals surface area contributed by atoms with Crippen molar-refractivity contribution in [3.05, 3.63) is 58.2 Å². The molecule has 1 amide bonds. The van der Waals surface area contributed by atoms with E-state index in [0.717, 1.165) is 28.4 Å². The molecule has 0 radical (unpaired) electrons. The fraction of sp³-hybridized carbons (Fsp3) is 0.333. The van der Waals surface area contributed by atoms with Gasteiger partial charge in [-0.2, -0.15) is 0 Å². The molecule has 0 spiro atoms. The van der Waals surface area contributed by atoms with Gasteiger partial charge in [-0.3, -0.25) is 4.79 Å². The number of nitrogens with zero attached hydrogens (tertiary/aromatic N) is 1. The van der Waals surface area contributed by atoms with Crippen LogP contribution in [0.5, 0.6) is 5.88 Å². The van der Waals surface area contributed by atoms with Crippen LogP contribution >= 0.6 is 15.9 Å². The molecule has 2 aromatic rings. The summed E-state index contributed by atoms with van der Waals surface area (Å²) in [5, 5.41) is 3.04. The molecular weight excluding hydrogens is 356 g/mol. The SMILES string of the molecule is CCOc1ncccc1CNC(=O)C1(c2cccc(Br)c2)CC1. The lowest BCUT2D eigenvalue weighted by molar-refractivity contribution is -0.123. The van der Waals surface area contributed by atoms with Gasteiger partial charge in [0, 0.05) is 22.8 Å². The summed E-state index contributed by atoms with van der Waals surface area (Å²) in [6.07, 6.45) is 3.47. The fourth-order valence-corrected chi connectivity index (χ4v) is 3.13. The lowest BCUT2D eigenvalue weighted by atomic mass is 9.95. The summed E-state index contributed by atoms with van der Waals surface area (Å²) in [5.41, 5.74) is 1.59. The molecule has 1 N–H and O–H groups in total. The maximum absolute atomic E-state index is 12.7. The number of halogens is 1. The first kappa shape index (κ1) is 16.0. The van der Waals surface area contributed by atoms with E-state index in [1.807, 2.05) is 43.3 Å². The van der Waals surface area contributed by atoms with Crippen molar-refractivity contribution in [2.24, 2.45) is 0 Å². The number of nitrogens with one attached hydrogen (secondary N) is 1. The number of carbonyl (C=O) groups is 1. The molecule has 1 saturated carbocycles. The van der Waals surface area contributed by atoms with E-state index in [-0.39, 0.29) is 11.3 Å². The third-order valence-electron chi connectivity index (χ3n) is 4.13. The molecule has 4 nitrogen and oxygen atoms in total. The van der Waals surface area contributed by atoms with Crippen LogP contribution < -0.4 is 10.1 Å². The van der Waals surface area contributed by atoms with Gasteiger partial charge in [-0.25, -0.2) is 4.98 Å². The van der Waals surface area contributed by atoms with E-state index >= 15 is 0 Å². The highest BCUT2D eigenvalue weighted by Crippen LogP contribution is 2.48. The number of ether oxygens (including phenoxy) is 1. The predicted molar refractivity (Wildman–Crippen MR) is 92.3 cm³/mol. The Morgan fingerprint density at radius 1 is 1.35 bits per heavy atom. The van der Waals surface area contributed by atoms with E-state index in [4.69, 9.17) is 4.74 Å². The molecule has 0 unspecified atom stereocenters. The number of hydrogen-bond donors (Lipinski definition) is 1. The van der Waals surface area contributed by atoms with Gasteiger partial charge in [0.25, 0.3) is 0 Å². The zero-order chi connectivity index (χ0) is 16.3. The second-order valence-corrected chi connectivity index (χ2v) is 6.59. The van der Waals surface area contributed by atoms with Crippen molar-refractivity contribution < 1.29 is 9.53 Å². The fourth-order valence-electron chi connectivity index (χ4n) is 2.73. The standard InChI is InChI=1S/C18H19BrN2O2/c1-2-23-16-13(5-4-10-20-16)12-21-17(22)18(8-9-18)14-6-3-7-15(19)11-14/h3-7,10-11H,2,8-9,12H2,1H3,(H,21,22). The van der Waals surface area contributed by atoms with Gasteiger partial charge in [0.05, 0.1) is 12.0 Å². The van der Waals surface area contributed by atoms with Crippen LogP contribution in [0.4, 0.5) is 0 Å². The Bertz CT molecular complexity index is 714. The Labute approximate surface area is 144 Å². The molecule has 0 aliphatic heterocycles. The third kappa shape index (κ3) is 3.39. The molecule has 1 aromatic heterocycles. The maximum Gasteiger partial charge on any atom is 0.230 e. The van der Waals surface area contributed by atoms with Crippen LogP contribution in [0.2, 0.25) is 0 Å². The van der Waals surface area contributed by atoms with Crippen molar-refractivity contribution in [2.45, 2.75) is 31.7 Å². The van der Waals surface area contributed by atoms with Gasteiger partial charge in [-0.1, -0.05) is 34.1 Å². The molecule has 23 heavy (non-hydrogen) atoms. The monoisotopic (exact) mass is 374 g/mol. The van der Waals surface area contributed by atoms with Gasteiger partial charge < -0.3 is 10.1 Å². The minimum absolute atomic E-state index is 0.0712. The molecule has 1 fully saturated rings. The summed E-state index contributed by atoms with van der Waals surface area (Å²) in [4.78, 5) is 16.9. The van der Waals surface area contributed by atoms with Gasteiger partial charge in [-0.15, -0.1) is 0 Å². The Hall–Kier alpha value is -1.88. The van der Waals surface area contributed by atoms with E-state index in [1.54, 1.807) is 6.20 Å². The maximum atomic E-state index is 12.7. The Morgan fingerprint density at radius 3 is 2.87 bits per heavy atom. The molecule has 1 aromatic carbocycles. The summed E-state index contributed by atoms with van der Waals surface area (Å²) in [7, 11) is 0. The van der Waals surface area contributed by atoms with Crippen LogP contribution in [-0.4, -0.2) is 17.5 Å². The van der Waals surface area contributed by atoms with E-state index < -0.39 is 0 Å². The minimum Gasteiger partial charge on any atom is -0.478 e. The number of aromatic nitrogens is 1. The summed E-state index contributed by atoms with van der Waals surface area (Å²) in [6, 6.07) is 11.8. The normalized spacial score (nSPS) is 15.0. The molecule has 1 aliphatic rings. The average molecular weight is 375 g/mol. The number of rotatable bonds is 6. The zero-order valence-electron chi connectivity index (χ0n) is 13.0. The lowest BCUT2D eigenvalue weighted by Gasteiger charge is -2.17. The lowest BCUT2D eigenvalue weighted by Crippen LogP contribution is -2.34. The quantitative estimate of drug-likeness (QED) is 0.840. The molecule has 1 heterocycles. The van der Waals surface area contributed by atoms with E-state index in [2.05, 4.69) is 26.2 Å². The van der Waals surface area contributed by atoms with Crippen LogP contribution in [0.1, 0.15) is 30.9 Å². The predicted octanol–water partition coefficient (Wildman–Crippen LogP) is 3.59. The van der Waals surface area contributed by atoms with Crippen molar-refractivity contribution in [2.75, 3.05) is 6.61 Å². The van der Waals surface area contributed by atoms with Gasteiger partial charge in [0.1, 0.15) is 0 Å². The highest BCUT2D eigenvalue weighted by Gasteiger charge is 2.51. The molecular formula is C18H19BrN2O2. The smallest absolute Gasteiger partial charge is 0.230 e. The van der Waals surface area contributed by atoms with Crippen LogP contribution in [0.15, 0.2) is 47.1 Å². The summed E-state index contributed by atoms with van der Waals surface area (Å²) >= 11 is 3.48. The number of pyridine rings is 1. The van der Waals surface area contributed by atoms with Crippen molar-refractivity contribution in [1.29, 1.82) is 0 Å². The van der Waals surface area contributed by atoms with Crippen LogP contribution in [0.25, 0.3) is 0 Å². The first-order chi connectivity index (χ1) is 11.2. The number of hydrogen-bond acceptors (Lipinski definition) is 3. The first-order valence-electron chi connectivity index (χ1n) is 7.77. The second kappa shape index (κ2) is 6.71. The average Bonchev–Trinajstić information content (AvgIpc) is 3.36. The van der Waals surface area contributed by atoms with Gasteiger partial charge in [0.15, 0.2) is 0 Å². The molecule has 5 heteroatoms. The third-order valence-corrected chi connectivity index (χ3v) is 4.63. The molecule has 0 saturated heterocycles.